The summed E-state index contributed by atoms with van der Waals surface area (Å²) in [6, 6.07) is 45.3. The predicted octanol–water partition coefficient (Wildman–Crippen LogP) is 9.99. The fourth-order valence-corrected chi connectivity index (χ4v) is 13.9. The smallest absolute Gasteiger partial charge is 0.410 e. The maximum Gasteiger partial charge on any atom is 0.410 e. The molecule has 4 aliphatic rings. The second-order valence-electron chi connectivity index (χ2n) is 27.9. The van der Waals surface area contributed by atoms with Crippen LogP contribution in [0.3, 0.4) is 0 Å². The van der Waals surface area contributed by atoms with Gasteiger partial charge < -0.3 is 92.1 Å². The number of nitrogens with one attached hydrogen (secondary N) is 3. The average Bonchev–Trinajstić information content (AvgIpc) is 0.889. The first-order chi connectivity index (χ1) is 57.2. The van der Waals surface area contributed by atoms with Gasteiger partial charge in [0.15, 0.2) is 37.2 Å². The molecule has 6 aromatic rings. The molecule has 20 atom stereocenters. The molecule has 0 aromatic heterocycles. The summed E-state index contributed by atoms with van der Waals surface area (Å²) in [4.78, 5) is 122. The molecule has 37 heteroatoms. The number of aliphatic hydroxyl groups excluding tert-OH is 1. The first-order valence-electron chi connectivity index (χ1n) is 38.1. The minimum absolute atomic E-state index is 0.00285. The molecule has 3 heterocycles. The zero-order valence-corrected chi connectivity index (χ0v) is 65.2. The number of rotatable bonds is 37. The normalized spacial score (nSPS) is 25.6. The summed E-state index contributed by atoms with van der Waals surface area (Å²) < 4.78 is 94.6. The van der Waals surface area contributed by atoms with Crippen LogP contribution in [0.2, 0.25) is 0 Å². The van der Waals surface area contributed by atoms with Crippen molar-refractivity contribution in [1.82, 2.24) is 20.9 Å². The fraction of sp³-hybridized carbons (Fsp3) is 0.457. The first-order valence-corrected chi connectivity index (χ1v) is 38.1. The Morgan fingerprint density at radius 3 is 1.54 bits per heavy atom. The van der Waals surface area contributed by atoms with Gasteiger partial charge in [0.1, 0.15) is 81.3 Å². The predicted molar refractivity (Wildman–Crippen MR) is 412 cm³/mol. The summed E-state index contributed by atoms with van der Waals surface area (Å²) in [5.74, 6) is -4.82. The van der Waals surface area contributed by atoms with E-state index >= 15 is 9.59 Å². The Hall–Kier alpha value is -11.9. The third-order valence-electron chi connectivity index (χ3n) is 19.5. The van der Waals surface area contributed by atoms with Crippen LogP contribution in [0, 0.1) is 0 Å². The molecule has 4 amide bonds. The molecular formula is C81H93N13O24. The van der Waals surface area contributed by atoms with Gasteiger partial charge in [-0.15, -0.1) is 0 Å². The highest BCUT2D eigenvalue weighted by molar-refractivity contribution is 5.81. The van der Waals surface area contributed by atoms with Gasteiger partial charge in [-0.3, -0.25) is 28.9 Å². The molecule has 118 heavy (non-hydrogen) atoms. The summed E-state index contributed by atoms with van der Waals surface area (Å²) in [5.41, 5.74) is 33.9. The lowest BCUT2D eigenvalue weighted by molar-refractivity contribution is -0.303. The van der Waals surface area contributed by atoms with E-state index in [9.17, 15) is 50.5 Å². The van der Waals surface area contributed by atoms with Gasteiger partial charge in [0.25, 0.3) is 0 Å². The van der Waals surface area contributed by atoms with Crippen LogP contribution in [-0.2, 0) is 135 Å². The molecule has 0 spiro atoms. The van der Waals surface area contributed by atoms with Crippen LogP contribution < -0.4 is 16.0 Å². The van der Waals surface area contributed by atoms with Crippen LogP contribution in [-0.4, -0.2) is 200 Å². The maximum atomic E-state index is 15.8. The number of carbonyl (C=O) groups excluding carboxylic acids is 8. The summed E-state index contributed by atoms with van der Waals surface area (Å²) >= 11 is 0. The van der Waals surface area contributed by atoms with Crippen molar-refractivity contribution in [3.8, 4) is 0 Å². The summed E-state index contributed by atoms with van der Waals surface area (Å²) in [6.07, 6.45) is -29.9. The molecule has 6 aromatic carbocycles. The number of nitrogens with zero attached hydrogens (tertiary/aromatic N) is 10. The van der Waals surface area contributed by atoms with Crippen LogP contribution in [0.4, 0.5) is 14.4 Å². The Balaban J connectivity index is 1.11. The third-order valence-corrected chi connectivity index (χ3v) is 19.5. The quantitative estimate of drug-likeness (QED) is 0.00925. The minimum atomic E-state index is -2.24. The van der Waals surface area contributed by atoms with Crippen molar-refractivity contribution in [2.24, 2.45) is 15.3 Å². The second kappa shape index (κ2) is 45.0. The van der Waals surface area contributed by atoms with Crippen molar-refractivity contribution >= 4 is 48.1 Å². The van der Waals surface area contributed by atoms with E-state index in [2.05, 4.69) is 46.0 Å². The Bertz CT molecular complexity index is 4410. The van der Waals surface area contributed by atoms with E-state index in [1.54, 1.807) is 165 Å². The van der Waals surface area contributed by atoms with Crippen LogP contribution in [0.15, 0.2) is 197 Å². The molecule has 3 saturated heterocycles. The van der Waals surface area contributed by atoms with Gasteiger partial charge in [0, 0.05) is 61.9 Å². The van der Waals surface area contributed by atoms with Gasteiger partial charge in [0.2, 0.25) is 5.91 Å². The van der Waals surface area contributed by atoms with Crippen molar-refractivity contribution in [3.63, 3.8) is 0 Å². The minimum Gasteiger partial charge on any atom is -0.463 e. The molecule has 0 bridgehead atoms. The molecule has 4 fully saturated rings. The topological polar surface area (TPSA) is 481 Å². The number of alkyl carbamates (subject to hydrolysis) is 2. The molecule has 4 N–H and O–H groups in total. The fourth-order valence-electron chi connectivity index (χ4n) is 13.9. The van der Waals surface area contributed by atoms with E-state index < -0.39 is 184 Å². The lowest BCUT2D eigenvalue weighted by atomic mass is 9.80. The van der Waals surface area contributed by atoms with Crippen molar-refractivity contribution < 1.29 is 115 Å². The van der Waals surface area contributed by atoms with E-state index in [1.165, 1.54) is 4.90 Å². The number of aliphatic hydroxyl groups is 1. The molecule has 0 radical (unpaired) electrons. The molecule has 5 unspecified atom stereocenters. The highest BCUT2D eigenvalue weighted by Gasteiger charge is 2.61. The summed E-state index contributed by atoms with van der Waals surface area (Å²) in [6.45, 7) is 3.06. The van der Waals surface area contributed by atoms with E-state index in [-0.39, 0.29) is 65.4 Å². The first kappa shape index (κ1) is 88.4. The van der Waals surface area contributed by atoms with Gasteiger partial charge >= 0.3 is 42.2 Å². The second-order valence-corrected chi connectivity index (χ2v) is 27.9. The van der Waals surface area contributed by atoms with Crippen molar-refractivity contribution in [2.45, 2.75) is 216 Å². The zero-order valence-electron chi connectivity index (χ0n) is 65.2. The molecular weight excluding hydrogens is 1540 g/mol. The highest BCUT2D eigenvalue weighted by atomic mass is 16.8. The molecule has 626 valence electrons. The van der Waals surface area contributed by atoms with Crippen LogP contribution >= 0.6 is 0 Å². The molecule has 3 aliphatic heterocycles. The van der Waals surface area contributed by atoms with Gasteiger partial charge in [-0.1, -0.05) is 197 Å². The number of ether oxygens (including phenoxy) is 15. The van der Waals surface area contributed by atoms with E-state index in [0.717, 1.165) is 27.7 Å². The van der Waals surface area contributed by atoms with Gasteiger partial charge in [-0.25, -0.2) is 14.4 Å². The van der Waals surface area contributed by atoms with E-state index in [4.69, 9.17) is 71.1 Å². The Morgan fingerprint density at radius 2 is 0.992 bits per heavy atom. The third kappa shape index (κ3) is 25.8. The number of benzene rings is 6. The molecule has 1 saturated carbocycles. The largest absolute Gasteiger partial charge is 0.463 e. The Labute approximate surface area is 678 Å². The molecule has 1 aliphatic carbocycles. The maximum absolute atomic E-state index is 15.8. The van der Waals surface area contributed by atoms with Gasteiger partial charge in [-0.2, -0.15) is 0 Å². The summed E-state index contributed by atoms with van der Waals surface area (Å²) in [5, 5.41) is 34.0. The average molecular weight is 1630 g/mol. The number of esters is 4. The number of hydrogen-bond acceptors (Lipinski definition) is 27. The number of amides is 4. The van der Waals surface area contributed by atoms with Gasteiger partial charge in [0.05, 0.1) is 50.0 Å². The lowest BCUT2D eigenvalue weighted by Gasteiger charge is -2.51. The summed E-state index contributed by atoms with van der Waals surface area (Å²) in [7, 11) is 0. The van der Waals surface area contributed by atoms with E-state index in [0.29, 0.717) is 33.4 Å². The highest BCUT2D eigenvalue weighted by Crippen LogP contribution is 2.40. The van der Waals surface area contributed by atoms with E-state index in [1.807, 2.05) is 24.3 Å². The number of hydrogen-bond donors (Lipinski definition) is 4. The number of carbonyl (C=O) groups is 8. The van der Waals surface area contributed by atoms with Crippen LogP contribution in [0.25, 0.3) is 31.3 Å². The Kier molecular flexibility index (Phi) is 33.7. The van der Waals surface area contributed by atoms with Crippen LogP contribution in [0.5, 0.6) is 0 Å². The number of azide groups is 3. The SMILES string of the molecule is CC(=O)OC[C@H]1O[C@@H](O[C@@H]2[C@@H](O)[C@H](NC(=O)[C@H](CCNC(=O)OCc3ccccc3)OCc3ccccc3)[C@@H](OCc3ccccc3)[C@H](NC(=O)OCc3ccccc3)[C@H]2O[C@H]2O[C@H]([C@H](C)N(Cc3ccccc3)C(=O)OCc3ccccc3)CC[C@H]2N=[N+]=[N-])[C@H](OC(C)=O)[C@@H]1OC1OC(CN=[N+]=[N-])C(OC(C)=O)C(OC(C)=O)C1N=[N+]=[N-]. The standard InChI is InChI=1S/C81H93N13O24/c1-48(94(41-53-24-12-6-13-25-53)81(103)109-46-58-34-22-11-23-35-58)60-37-36-59(89-92-83)76(113-60)117-71-65(88-80(102)108-45-57-32-20-10-21-33-57)70(106-43-55-28-16-8-17-29-55)64(87-75(100)61(105-42-54-26-14-7-15-27-54)38-39-85-79(101)107-44-56-30-18-9-19-31-56)67(99)73(71)118-78-74(112-52(5)98)69(63(115-78)47-104-49(2)95)116-77-66(90-93-84)72(111-51(4)97)68(110-50(3)96)62(114-77)40-86-91-82/h6-35,48,59-74,76-78,99H,36-47H2,1-5H3,(H,85,101)(H,87,100)(H,88,102)/t48-,59+,60-,61-,62?,63+,64-,65-,66?,67-,68?,69+,70+,71+,72?,73+,74+,76+,77?,78-/m0/s1. The van der Waals surface area contributed by atoms with Gasteiger partial charge in [-0.05, 0) is 69.7 Å². The Morgan fingerprint density at radius 1 is 0.492 bits per heavy atom. The van der Waals surface area contributed by atoms with Crippen molar-refractivity contribution in [1.29, 1.82) is 0 Å². The zero-order chi connectivity index (χ0) is 83.9. The molecule has 10 rings (SSSR count). The lowest BCUT2D eigenvalue weighted by Crippen LogP contribution is -2.74. The van der Waals surface area contributed by atoms with Crippen LogP contribution in [0.1, 0.15) is 87.3 Å². The molecule has 37 nitrogen and oxygen atoms in total. The van der Waals surface area contributed by atoms with Crippen molar-refractivity contribution in [2.75, 3.05) is 19.7 Å². The monoisotopic (exact) mass is 1630 g/mol. The van der Waals surface area contributed by atoms with Crippen molar-refractivity contribution in [3.05, 3.63) is 247 Å².